The first-order valence-electron chi connectivity index (χ1n) is 14.2. The molecule has 2 aromatic rings. The Morgan fingerprint density at radius 1 is 1.05 bits per heavy atom. The first-order valence-corrected chi connectivity index (χ1v) is 20.8. The number of fused-ring (bicyclic) bond motifs is 1. The molecule has 228 valence electrons. The van der Waals surface area contributed by atoms with Crippen LogP contribution in [0.15, 0.2) is 42.2 Å². The Morgan fingerprint density at radius 3 is 2.27 bits per heavy atom. The number of benzene rings is 1. The Morgan fingerprint density at radius 2 is 1.71 bits per heavy atom. The smallest absolute Gasteiger partial charge is 0.419 e. The molecule has 1 amide bonds. The molecule has 0 spiro atoms. The average Bonchev–Trinajstić information content (AvgIpc) is 3.18. The zero-order valence-corrected chi connectivity index (χ0v) is 29.0. The topological polar surface area (TPSA) is 96.0 Å². The number of aromatic nitrogens is 1. The zero-order valence-electron chi connectivity index (χ0n) is 27.0. The van der Waals surface area contributed by atoms with Crippen molar-refractivity contribution in [1.29, 1.82) is 0 Å². The van der Waals surface area contributed by atoms with E-state index in [9.17, 15) is 9.59 Å². The monoisotopic (exact) mass is 601 g/mol. The number of amides is 1. The lowest BCUT2D eigenvalue weighted by atomic mass is 10.1. The normalized spacial score (nSPS) is 13.7. The number of rotatable bonds is 12. The van der Waals surface area contributed by atoms with Crippen LogP contribution in [0.5, 0.6) is 0 Å². The first kappa shape index (κ1) is 34.5. The van der Waals surface area contributed by atoms with Crippen LogP contribution >= 0.6 is 0 Å². The van der Waals surface area contributed by atoms with E-state index < -0.39 is 28.1 Å². The largest absolute Gasteiger partial charge is 0.443 e. The molecule has 8 nitrogen and oxygen atoms in total. The lowest BCUT2D eigenvalue weighted by Crippen LogP contribution is -2.40. The van der Waals surface area contributed by atoms with Gasteiger partial charge in [-0.25, -0.2) is 9.36 Å². The molecule has 1 aromatic heterocycles. The highest BCUT2D eigenvalue weighted by atomic mass is 28.4. The van der Waals surface area contributed by atoms with Crippen molar-refractivity contribution in [2.45, 2.75) is 97.6 Å². The molecule has 41 heavy (non-hydrogen) atoms. The summed E-state index contributed by atoms with van der Waals surface area (Å²) >= 11 is 0. The summed E-state index contributed by atoms with van der Waals surface area (Å²) in [6, 6.07) is 8.90. The molecule has 2 rings (SSSR count). The molecule has 0 radical (unpaired) electrons. The number of ether oxygens (including phenoxy) is 2. The second-order valence-corrected chi connectivity index (χ2v) is 24.7. The van der Waals surface area contributed by atoms with Crippen LogP contribution in [0.25, 0.3) is 17.0 Å². The Bertz CT molecular complexity index is 1260. The van der Waals surface area contributed by atoms with Crippen molar-refractivity contribution in [3.63, 3.8) is 0 Å². The van der Waals surface area contributed by atoms with Gasteiger partial charge in [0.15, 0.2) is 8.32 Å². The van der Waals surface area contributed by atoms with Gasteiger partial charge >= 0.3 is 6.09 Å². The van der Waals surface area contributed by atoms with Crippen molar-refractivity contribution in [2.75, 3.05) is 13.3 Å². The van der Waals surface area contributed by atoms with E-state index in [1.807, 2.05) is 45.0 Å². The highest BCUT2D eigenvalue weighted by Gasteiger charge is 2.37. The molecule has 0 bridgehead atoms. The highest BCUT2D eigenvalue weighted by molar-refractivity contribution is 6.76. The summed E-state index contributed by atoms with van der Waals surface area (Å²) in [7, 11) is -3.13. The molecule has 10 heteroatoms. The van der Waals surface area contributed by atoms with Crippen LogP contribution in [0, 0.1) is 0 Å². The van der Waals surface area contributed by atoms with E-state index in [0.717, 1.165) is 22.5 Å². The van der Waals surface area contributed by atoms with E-state index in [2.05, 4.69) is 53.5 Å². The van der Waals surface area contributed by atoms with Crippen LogP contribution in [-0.2, 0) is 25.3 Å². The Balaban J connectivity index is 2.34. The quantitative estimate of drug-likeness (QED) is 0.0888. The maximum absolute atomic E-state index is 13.3. The van der Waals surface area contributed by atoms with Crippen molar-refractivity contribution >= 4 is 45.9 Å². The van der Waals surface area contributed by atoms with Gasteiger partial charge in [0.05, 0.1) is 17.8 Å². The number of hydrogen-bond acceptors (Lipinski definition) is 6. The minimum Gasteiger partial charge on any atom is -0.443 e. The summed E-state index contributed by atoms with van der Waals surface area (Å²) in [5.41, 5.74) is 8.27. The summed E-state index contributed by atoms with van der Waals surface area (Å²) in [6.07, 6.45) is 5.13. The minimum absolute atomic E-state index is 0.113. The van der Waals surface area contributed by atoms with Gasteiger partial charge in [-0.2, -0.15) is 0 Å². The van der Waals surface area contributed by atoms with E-state index in [-0.39, 0.29) is 11.8 Å². The number of carbonyl (C=O) groups excluding carboxylic acids is 2. The molecular weight excluding hydrogens is 551 g/mol. The van der Waals surface area contributed by atoms with E-state index in [1.54, 1.807) is 16.7 Å². The third-order valence-electron chi connectivity index (χ3n) is 7.01. The van der Waals surface area contributed by atoms with Crippen molar-refractivity contribution in [3.05, 3.63) is 53.5 Å². The van der Waals surface area contributed by atoms with E-state index >= 15 is 0 Å². The van der Waals surface area contributed by atoms with Gasteiger partial charge in [0.2, 0.25) is 6.41 Å². The maximum Gasteiger partial charge on any atom is 0.419 e. The number of allylic oxidation sites excluding steroid dienone is 1. The fourth-order valence-corrected chi connectivity index (χ4v) is 5.27. The third-order valence-corrected chi connectivity index (χ3v) is 13.2. The molecule has 0 saturated carbocycles. The second kappa shape index (κ2) is 13.5. The molecule has 2 N–H and O–H groups in total. The Hall–Kier alpha value is -2.67. The average molecular weight is 602 g/mol. The fourth-order valence-electron chi connectivity index (χ4n) is 3.55. The van der Waals surface area contributed by atoms with Crippen molar-refractivity contribution in [3.8, 4) is 0 Å². The van der Waals surface area contributed by atoms with Gasteiger partial charge in [0, 0.05) is 32.0 Å². The van der Waals surface area contributed by atoms with Gasteiger partial charge in [0.1, 0.15) is 12.3 Å². The molecule has 0 fully saturated rings. The second-order valence-electron chi connectivity index (χ2n) is 14.3. The van der Waals surface area contributed by atoms with Crippen molar-refractivity contribution in [2.24, 2.45) is 5.73 Å². The molecule has 0 saturated heterocycles. The Labute approximate surface area is 248 Å². The minimum atomic E-state index is -1.91. The van der Waals surface area contributed by atoms with Gasteiger partial charge in [-0.3, -0.25) is 9.69 Å². The van der Waals surface area contributed by atoms with Crippen LogP contribution in [0.1, 0.15) is 52.8 Å². The van der Waals surface area contributed by atoms with E-state index in [4.69, 9.17) is 19.6 Å². The molecular formula is C31H51N3O5Si2. The fraction of sp³-hybridized carbons (Fsp3) is 0.548. The molecule has 1 heterocycles. The van der Waals surface area contributed by atoms with Crippen LogP contribution in [-0.4, -0.2) is 57.3 Å². The maximum atomic E-state index is 13.3. The predicted octanol–water partition coefficient (Wildman–Crippen LogP) is 7.53. The summed E-state index contributed by atoms with van der Waals surface area (Å²) in [5.74, 6) is 0. The summed E-state index contributed by atoms with van der Waals surface area (Å²) in [6.45, 7) is 24.7. The van der Waals surface area contributed by atoms with Crippen LogP contribution in [0.4, 0.5) is 4.79 Å². The lowest BCUT2D eigenvalue weighted by Gasteiger charge is -2.36. The zero-order chi connectivity index (χ0) is 31.2. The lowest BCUT2D eigenvalue weighted by molar-refractivity contribution is -0.119. The molecule has 0 atom stereocenters. The predicted molar refractivity (Wildman–Crippen MR) is 174 cm³/mol. The van der Waals surface area contributed by atoms with Crippen molar-refractivity contribution < 1.29 is 23.5 Å². The number of hydrogen-bond donors (Lipinski definition) is 1. The molecule has 0 aliphatic rings. The summed E-state index contributed by atoms with van der Waals surface area (Å²) in [4.78, 5) is 26.2. The molecule has 0 aliphatic heterocycles. The molecule has 0 aliphatic carbocycles. The highest BCUT2D eigenvalue weighted by Crippen LogP contribution is 2.37. The first-order chi connectivity index (χ1) is 18.7. The van der Waals surface area contributed by atoms with E-state index in [1.165, 1.54) is 11.1 Å². The van der Waals surface area contributed by atoms with Gasteiger partial charge in [-0.15, -0.1) is 0 Å². The number of carbonyl (C=O) groups is 2. The van der Waals surface area contributed by atoms with Gasteiger partial charge in [-0.1, -0.05) is 46.5 Å². The summed E-state index contributed by atoms with van der Waals surface area (Å²) < 4.78 is 19.3. The van der Waals surface area contributed by atoms with E-state index in [0.29, 0.717) is 31.0 Å². The summed E-state index contributed by atoms with van der Waals surface area (Å²) in [5, 5.41) is 1.00. The SMILES string of the molecule is CC(C)(C)OC(=O)n1c(/C=C/C(N)=C\N(C=O)COCC[Si](C)(C)C)cc2cc(CO[Si](C)(C)C(C)(C)C)ccc21. The number of nitrogens with zero attached hydrogens (tertiary/aromatic N) is 2. The van der Waals surface area contributed by atoms with Gasteiger partial charge in [0.25, 0.3) is 0 Å². The van der Waals surface area contributed by atoms with Crippen LogP contribution < -0.4 is 5.73 Å². The molecule has 0 unspecified atom stereocenters. The van der Waals surface area contributed by atoms with Crippen LogP contribution in [0.2, 0.25) is 43.8 Å². The third kappa shape index (κ3) is 10.9. The molecule has 1 aromatic carbocycles. The van der Waals surface area contributed by atoms with Crippen molar-refractivity contribution in [1.82, 2.24) is 9.47 Å². The van der Waals surface area contributed by atoms with Gasteiger partial charge < -0.3 is 19.6 Å². The standard InChI is InChI=1S/C31H51N3O5Si2/c1-30(2,3)39-29(36)34-27(14-13-26(32)20-33(22-35)23-37-16-17-40(7,8)9)19-25-18-24(12-15-28(25)34)21-38-41(10,11)31(4,5)6/h12-15,18-20,22H,16-17,21,23,32H2,1-11H3/b14-13+,26-20+. The van der Waals surface area contributed by atoms with Crippen LogP contribution in [0.3, 0.4) is 0 Å². The van der Waals surface area contributed by atoms with Gasteiger partial charge in [-0.05, 0) is 80.9 Å². The number of nitrogens with two attached hydrogens (primary N) is 1. The Kier molecular flexibility index (Phi) is 11.4.